The van der Waals surface area contributed by atoms with Gasteiger partial charge in [-0.15, -0.1) is 0 Å². The number of carbonyl (C=O) groups excluding carboxylic acids is 1. The van der Waals surface area contributed by atoms with Gasteiger partial charge in [0.2, 0.25) is 5.91 Å². The first-order chi connectivity index (χ1) is 9.50. The van der Waals surface area contributed by atoms with E-state index < -0.39 is 0 Å². The molecule has 1 N–H and O–H groups in total. The molecule has 110 valence electrons. The van der Waals surface area contributed by atoms with Crippen molar-refractivity contribution in [3.8, 4) is 0 Å². The number of hydrogen-bond acceptors (Lipinski definition) is 3. The maximum absolute atomic E-state index is 12.8. The van der Waals surface area contributed by atoms with Crippen LogP contribution >= 0.6 is 0 Å². The van der Waals surface area contributed by atoms with Crippen LogP contribution in [0.4, 0.5) is 0 Å². The molecule has 1 fully saturated rings. The van der Waals surface area contributed by atoms with Crippen molar-refractivity contribution in [2.45, 2.75) is 31.9 Å². The number of piperidine rings is 1. The van der Waals surface area contributed by atoms with Gasteiger partial charge in [-0.3, -0.25) is 9.69 Å². The fourth-order valence-electron chi connectivity index (χ4n) is 2.78. The van der Waals surface area contributed by atoms with E-state index in [0.717, 1.165) is 11.1 Å². The lowest BCUT2D eigenvalue weighted by Gasteiger charge is -2.35. The molecule has 1 aromatic rings. The molecule has 20 heavy (non-hydrogen) atoms. The van der Waals surface area contributed by atoms with Gasteiger partial charge in [-0.1, -0.05) is 24.3 Å². The van der Waals surface area contributed by atoms with Gasteiger partial charge in [0.1, 0.15) is 6.04 Å². The Balaban J connectivity index is 2.21. The molecule has 1 atom stereocenters. The third-order valence-corrected chi connectivity index (χ3v) is 4.01. The predicted molar refractivity (Wildman–Crippen MR) is 79.4 cm³/mol. The van der Waals surface area contributed by atoms with Crippen LogP contribution in [0.25, 0.3) is 0 Å². The Labute approximate surface area is 121 Å². The van der Waals surface area contributed by atoms with Crippen molar-refractivity contribution < 1.29 is 9.90 Å². The highest BCUT2D eigenvalue weighted by Gasteiger charge is 2.30. The first-order valence-corrected chi connectivity index (χ1v) is 7.19. The van der Waals surface area contributed by atoms with Crippen LogP contribution in [-0.4, -0.2) is 54.1 Å². The third kappa shape index (κ3) is 3.19. The van der Waals surface area contributed by atoms with E-state index >= 15 is 0 Å². The average Bonchev–Trinajstić information content (AvgIpc) is 2.41. The van der Waals surface area contributed by atoms with Crippen molar-refractivity contribution >= 4 is 5.91 Å². The van der Waals surface area contributed by atoms with Gasteiger partial charge in [0.25, 0.3) is 0 Å². The van der Waals surface area contributed by atoms with E-state index in [9.17, 15) is 9.90 Å². The first-order valence-electron chi connectivity index (χ1n) is 7.19. The number of benzene rings is 1. The Hall–Kier alpha value is -1.39. The van der Waals surface area contributed by atoms with Crippen molar-refractivity contribution in [3.05, 3.63) is 35.4 Å². The van der Waals surface area contributed by atoms with Gasteiger partial charge >= 0.3 is 0 Å². The molecular formula is C16H24N2O2. The fourth-order valence-corrected chi connectivity index (χ4v) is 2.78. The number of likely N-dealkylation sites (tertiary alicyclic amines) is 1. The Morgan fingerprint density at radius 3 is 2.45 bits per heavy atom. The van der Waals surface area contributed by atoms with E-state index in [-0.39, 0.29) is 18.1 Å². The lowest BCUT2D eigenvalue weighted by atomic mass is 9.98. The molecule has 1 aromatic carbocycles. The van der Waals surface area contributed by atoms with Gasteiger partial charge in [0, 0.05) is 13.1 Å². The molecule has 0 radical (unpaired) electrons. The number of amides is 1. The standard InChI is InChI=1S/C16H24N2O2/c1-12-6-4-5-7-14(12)15(17(2)3)16(20)18-10-8-13(19)9-11-18/h4-7,13,15,19H,8-11H2,1-3H3. The lowest BCUT2D eigenvalue weighted by Crippen LogP contribution is -2.45. The second kappa shape index (κ2) is 6.37. The molecule has 2 rings (SSSR count). The number of nitrogens with zero attached hydrogens (tertiary/aromatic N) is 2. The summed E-state index contributed by atoms with van der Waals surface area (Å²) in [7, 11) is 3.88. The maximum Gasteiger partial charge on any atom is 0.244 e. The Bertz CT molecular complexity index is 465. The molecule has 4 heteroatoms. The summed E-state index contributed by atoms with van der Waals surface area (Å²) in [5.41, 5.74) is 2.20. The zero-order chi connectivity index (χ0) is 14.7. The largest absolute Gasteiger partial charge is 0.393 e. The number of hydrogen-bond donors (Lipinski definition) is 1. The van der Waals surface area contributed by atoms with Crippen molar-refractivity contribution in [2.24, 2.45) is 0 Å². The van der Waals surface area contributed by atoms with Crippen LogP contribution < -0.4 is 0 Å². The lowest BCUT2D eigenvalue weighted by molar-refractivity contribution is -0.138. The minimum absolute atomic E-state index is 0.135. The monoisotopic (exact) mass is 276 g/mol. The van der Waals surface area contributed by atoms with Crippen LogP contribution in [0.5, 0.6) is 0 Å². The van der Waals surface area contributed by atoms with Crippen LogP contribution in [0.15, 0.2) is 24.3 Å². The topological polar surface area (TPSA) is 43.8 Å². The third-order valence-electron chi connectivity index (χ3n) is 4.01. The molecule has 1 amide bonds. The van der Waals surface area contributed by atoms with Crippen molar-refractivity contribution in [1.82, 2.24) is 9.80 Å². The second-order valence-corrected chi connectivity index (χ2v) is 5.78. The van der Waals surface area contributed by atoms with E-state index in [1.165, 1.54) is 0 Å². The van der Waals surface area contributed by atoms with Crippen LogP contribution in [0, 0.1) is 6.92 Å². The summed E-state index contributed by atoms with van der Waals surface area (Å²) in [5, 5.41) is 9.57. The normalized spacial score (nSPS) is 18.4. The molecule has 0 spiro atoms. The number of rotatable bonds is 3. The van der Waals surface area contributed by atoms with E-state index in [1.54, 1.807) is 0 Å². The van der Waals surface area contributed by atoms with Crippen LogP contribution in [0.2, 0.25) is 0 Å². The summed E-state index contributed by atoms with van der Waals surface area (Å²) >= 11 is 0. The van der Waals surface area contributed by atoms with Gasteiger partial charge in [0.15, 0.2) is 0 Å². The summed E-state index contributed by atoms with van der Waals surface area (Å²) in [5.74, 6) is 0.135. The fraction of sp³-hybridized carbons (Fsp3) is 0.562. The summed E-state index contributed by atoms with van der Waals surface area (Å²) in [4.78, 5) is 16.6. The Morgan fingerprint density at radius 2 is 1.90 bits per heavy atom. The van der Waals surface area contributed by atoms with E-state index in [4.69, 9.17) is 0 Å². The smallest absolute Gasteiger partial charge is 0.244 e. The zero-order valence-electron chi connectivity index (χ0n) is 12.5. The molecule has 0 saturated carbocycles. The molecule has 1 unspecified atom stereocenters. The van der Waals surface area contributed by atoms with Gasteiger partial charge in [0.05, 0.1) is 6.10 Å². The summed E-state index contributed by atoms with van der Waals surface area (Å²) in [6.45, 7) is 3.34. The summed E-state index contributed by atoms with van der Waals surface area (Å²) < 4.78 is 0. The van der Waals surface area contributed by atoms with Gasteiger partial charge in [-0.05, 0) is 45.0 Å². The molecule has 1 heterocycles. The molecule has 0 bridgehead atoms. The van der Waals surface area contributed by atoms with Crippen molar-refractivity contribution in [1.29, 1.82) is 0 Å². The Kier molecular flexibility index (Phi) is 4.78. The average molecular weight is 276 g/mol. The van der Waals surface area contributed by atoms with Crippen LogP contribution in [0.3, 0.4) is 0 Å². The van der Waals surface area contributed by atoms with E-state index in [1.807, 2.05) is 55.1 Å². The number of aliphatic hydroxyl groups is 1. The molecule has 1 aliphatic rings. The highest BCUT2D eigenvalue weighted by atomic mass is 16.3. The molecule has 0 aromatic heterocycles. The molecule has 1 aliphatic heterocycles. The quantitative estimate of drug-likeness (QED) is 0.911. The van der Waals surface area contributed by atoms with Crippen LogP contribution in [0.1, 0.15) is 30.0 Å². The van der Waals surface area contributed by atoms with Gasteiger partial charge < -0.3 is 10.0 Å². The van der Waals surface area contributed by atoms with Crippen LogP contribution in [-0.2, 0) is 4.79 Å². The maximum atomic E-state index is 12.8. The number of aliphatic hydroxyl groups excluding tert-OH is 1. The number of likely N-dealkylation sites (N-methyl/N-ethyl adjacent to an activating group) is 1. The predicted octanol–water partition coefficient (Wildman–Crippen LogP) is 1.58. The molecular weight excluding hydrogens is 252 g/mol. The number of aryl methyl sites for hydroxylation is 1. The van der Waals surface area contributed by atoms with E-state index in [0.29, 0.717) is 25.9 Å². The van der Waals surface area contributed by atoms with Gasteiger partial charge in [-0.25, -0.2) is 0 Å². The number of carbonyl (C=O) groups is 1. The SMILES string of the molecule is Cc1ccccc1C(C(=O)N1CCC(O)CC1)N(C)C. The summed E-state index contributed by atoms with van der Waals surface area (Å²) in [6, 6.07) is 7.79. The van der Waals surface area contributed by atoms with E-state index in [2.05, 4.69) is 0 Å². The zero-order valence-corrected chi connectivity index (χ0v) is 12.5. The van der Waals surface area contributed by atoms with Crippen molar-refractivity contribution in [3.63, 3.8) is 0 Å². The van der Waals surface area contributed by atoms with Crippen molar-refractivity contribution in [2.75, 3.05) is 27.2 Å². The Morgan fingerprint density at radius 1 is 1.30 bits per heavy atom. The second-order valence-electron chi connectivity index (χ2n) is 5.78. The summed E-state index contributed by atoms with van der Waals surface area (Å²) in [6.07, 6.45) is 1.11. The molecule has 1 saturated heterocycles. The van der Waals surface area contributed by atoms with Gasteiger partial charge in [-0.2, -0.15) is 0 Å². The highest BCUT2D eigenvalue weighted by molar-refractivity contribution is 5.83. The molecule has 4 nitrogen and oxygen atoms in total. The highest BCUT2D eigenvalue weighted by Crippen LogP contribution is 2.25. The first kappa shape index (κ1) is 15.0. The minimum Gasteiger partial charge on any atom is -0.393 e. The minimum atomic E-state index is -0.254. The molecule has 0 aliphatic carbocycles.